The second kappa shape index (κ2) is 7.62. The molecule has 5 nitrogen and oxygen atoms in total. The Morgan fingerprint density at radius 1 is 0.963 bits per heavy atom. The Morgan fingerprint density at radius 2 is 1.59 bits per heavy atom. The van der Waals surface area contributed by atoms with Crippen LogP contribution in [0.2, 0.25) is 5.02 Å². The zero-order valence-corrected chi connectivity index (χ0v) is 16.0. The molecule has 1 saturated heterocycles. The van der Waals surface area contributed by atoms with Gasteiger partial charge >= 0.3 is 0 Å². The molecule has 4 rings (SSSR count). The summed E-state index contributed by atoms with van der Waals surface area (Å²) in [6.45, 7) is 6.79. The largest absolute Gasteiger partial charge is 0.352 e. The molecule has 1 aliphatic rings. The molecule has 1 aromatic heterocycles. The highest BCUT2D eigenvalue weighted by Gasteiger charge is 2.25. The first-order valence-corrected chi connectivity index (χ1v) is 9.58. The molecular weight excluding hydrogens is 360 g/mol. The molecule has 3 aromatic rings. The molecule has 2 aromatic carbocycles. The van der Waals surface area contributed by atoms with Crippen molar-refractivity contribution in [2.24, 2.45) is 0 Å². The fourth-order valence-corrected chi connectivity index (χ4v) is 3.50. The second-order valence-corrected chi connectivity index (χ2v) is 7.08. The summed E-state index contributed by atoms with van der Waals surface area (Å²) in [7, 11) is 0. The number of hydrogen-bond acceptors (Lipinski definition) is 5. The molecule has 0 saturated carbocycles. The molecule has 0 spiro atoms. The number of anilines is 1. The van der Waals surface area contributed by atoms with Crippen molar-refractivity contribution in [2.45, 2.75) is 6.92 Å². The number of piperazine rings is 1. The lowest BCUT2D eigenvalue weighted by Crippen LogP contribution is -2.47. The highest BCUT2D eigenvalue weighted by atomic mass is 35.5. The van der Waals surface area contributed by atoms with E-state index in [-0.39, 0.29) is 5.78 Å². The van der Waals surface area contributed by atoms with Gasteiger partial charge in [-0.25, -0.2) is 9.97 Å². The Hall–Kier alpha value is -2.50. The number of para-hydroxylation sites is 2. The van der Waals surface area contributed by atoms with Crippen LogP contribution >= 0.6 is 11.6 Å². The van der Waals surface area contributed by atoms with Gasteiger partial charge in [0.15, 0.2) is 11.5 Å². The Kier molecular flexibility index (Phi) is 5.05. The molecule has 0 aliphatic carbocycles. The number of carbonyl (C=O) groups is 1. The van der Waals surface area contributed by atoms with Crippen molar-refractivity contribution in [3.05, 3.63) is 64.8 Å². The number of ketones is 1. The van der Waals surface area contributed by atoms with Gasteiger partial charge in [0.1, 0.15) is 0 Å². The average Bonchev–Trinajstić information content (AvgIpc) is 2.73. The molecule has 0 N–H and O–H groups in total. The van der Waals surface area contributed by atoms with Gasteiger partial charge in [-0.15, -0.1) is 0 Å². The Labute approximate surface area is 163 Å². The monoisotopic (exact) mass is 380 g/mol. The molecule has 6 heteroatoms. The highest BCUT2D eigenvalue weighted by molar-refractivity contribution is 6.30. The number of benzene rings is 2. The van der Waals surface area contributed by atoms with Gasteiger partial charge < -0.3 is 9.80 Å². The van der Waals surface area contributed by atoms with Gasteiger partial charge in [0, 0.05) is 36.8 Å². The number of aromatic nitrogens is 2. The Balaban J connectivity index is 1.77. The molecule has 1 aliphatic heterocycles. The van der Waals surface area contributed by atoms with Crippen LogP contribution in [0.4, 0.5) is 5.82 Å². The number of halogens is 1. The number of nitrogens with zero attached hydrogens (tertiary/aromatic N) is 4. The van der Waals surface area contributed by atoms with Gasteiger partial charge in [-0.05, 0) is 42.9 Å². The summed E-state index contributed by atoms with van der Waals surface area (Å²) in [6, 6.07) is 14.6. The zero-order valence-electron chi connectivity index (χ0n) is 15.2. The number of rotatable bonds is 4. The van der Waals surface area contributed by atoms with Gasteiger partial charge in [-0.1, -0.05) is 30.7 Å². The van der Waals surface area contributed by atoms with Gasteiger partial charge in [0.05, 0.1) is 11.0 Å². The molecule has 0 radical (unpaired) electrons. The van der Waals surface area contributed by atoms with E-state index in [1.807, 2.05) is 24.3 Å². The van der Waals surface area contributed by atoms with Crippen LogP contribution in [0.25, 0.3) is 11.0 Å². The van der Waals surface area contributed by atoms with Crippen LogP contribution in [0, 0.1) is 0 Å². The summed E-state index contributed by atoms with van der Waals surface area (Å²) in [4.78, 5) is 27.3. The van der Waals surface area contributed by atoms with E-state index in [0.29, 0.717) is 22.1 Å². The molecule has 27 heavy (non-hydrogen) atoms. The van der Waals surface area contributed by atoms with Gasteiger partial charge in [-0.3, -0.25) is 4.79 Å². The third kappa shape index (κ3) is 3.66. The predicted molar refractivity (Wildman–Crippen MR) is 109 cm³/mol. The van der Waals surface area contributed by atoms with E-state index in [9.17, 15) is 4.79 Å². The van der Waals surface area contributed by atoms with Crippen LogP contribution in [-0.4, -0.2) is 53.4 Å². The van der Waals surface area contributed by atoms with Crippen LogP contribution < -0.4 is 4.90 Å². The van der Waals surface area contributed by atoms with Crippen LogP contribution in [0.3, 0.4) is 0 Å². The molecule has 0 amide bonds. The highest BCUT2D eigenvalue weighted by Crippen LogP contribution is 2.25. The first kappa shape index (κ1) is 17.9. The number of carbonyl (C=O) groups excluding carboxylic acids is 1. The van der Waals surface area contributed by atoms with Crippen LogP contribution in [0.5, 0.6) is 0 Å². The minimum atomic E-state index is -0.127. The number of fused-ring (bicyclic) bond motifs is 1. The van der Waals surface area contributed by atoms with E-state index >= 15 is 0 Å². The second-order valence-electron chi connectivity index (χ2n) is 6.64. The Morgan fingerprint density at radius 3 is 2.22 bits per heavy atom. The fourth-order valence-electron chi connectivity index (χ4n) is 3.38. The lowest BCUT2D eigenvalue weighted by atomic mass is 10.1. The fraction of sp³-hybridized carbons (Fsp3) is 0.286. The van der Waals surface area contributed by atoms with Crippen LogP contribution in [0.1, 0.15) is 23.0 Å². The predicted octanol–water partition coefficient (Wildman–Crippen LogP) is 3.66. The molecule has 2 heterocycles. The minimum Gasteiger partial charge on any atom is -0.352 e. The van der Waals surface area contributed by atoms with Gasteiger partial charge in [-0.2, -0.15) is 0 Å². The van der Waals surface area contributed by atoms with E-state index in [2.05, 4.69) is 21.7 Å². The molecule has 1 fully saturated rings. The smallest absolute Gasteiger partial charge is 0.215 e. The average molecular weight is 381 g/mol. The maximum Gasteiger partial charge on any atom is 0.215 e. The van der Waals surface area contributed by atoms with E-state index in [0.717, 1.165) is 43.8 Å². The van der Waals surface area contributed by atoms with E-state index in [1.165, 1.54) is 0 Å². The summed E-state index contributed by atoms with van der Waals surface area (Å²) >= 11 is 5.97. The quantitative estimate of drug-likeness (QED) is 0.646. The van der Waals surface area contributed by atoms with Crippen LogP contribution in [0.15, 0.2) is 48.5 Å². The summed E-state index contributed by atoms with van der Waals surface area (Å²) < 4.78 is 0. The number of likely N-dealkylation sites (N-methyl/N-ethyl adjacent to an activating group) is 1. The van der Waals surface area contributed by atoms with Crippen molar-refractivity contribution in [3.8, 4) is 0 Å². The van der Waals surface area contributed by atoms with E-state index in [4.69, 9.17) is 16.6 Å². The molecule has 0 unspecified atom stereocenters. The molecule has 0 atom stereocenters. The minimum absolute atomic E-state index is 0.127. The maximum absolute atomic E-state index is 13.2. The van der Waals surface area contributed by atoms with Crippen molar-refractivity contribution in [3.63, 3.8) is 0 Å². The van der Waals surface area contributed by atoms with E-state index < -0.39 is 0 Å². The van der Waals surface area contributed by atoms with Crippen molar-refractivity contribution >= 4 is 34.2 Å². The third-order valence-electron chi connectivity index (χ3n) is 4.99. The maximum atomic E-state index is 13.2. The molecular formula is C21H21ClN4O. The van der Waals surface area contributed by atoms with Crippen molar-refractivity contribution in [1.82, 2.24) is 14.9 Å². The van der Waals surface area contributed by atoms with Crippen molar-refractivity contribution in [1.29, 1.82) is 0 Å². The summed E-state index contributed by atoms with van der Waals surface area (Å²) in [5.74, 6) is 0.544. The SMILES string of the molecule is CCN1CCN(c2nc3ccccc3nc2C(=O)c2ccc(Cl)cc2)CC1. The number of hydrogen-bond donors (Lipinski definition) is 0. The van der Waals surface area contributed by atoms with Crippen molar-refractivity contribution in [2.75, 3.05) is 37.6 Å². The molecule has 0 bridgehead atoms. The normalized spacial score (nSPS) is 15.3. The first-order chi connectivity index (χ1) is 13.2. The lowest BCUT2D eigenvalue weighted by Gasteiger charge is -2.35. The van der Waals surface area contributed by atoms with Gasteiger partial charge in [0.25, 0.3) is 0 Å². The molecule has 138 valence electrons. The summed E-state index contributed by atoms with van der Waals surface area (Å²) in [5.41, 5.74) is 2.50. The summed E-state index contributed by atoms with van der Waals surface area (Å²) in [5, 5.41) is 0.604. The zero-order chi connectivity index (χ0) is 18.8. The lowest BCUT2D eigenvalue weighted by molar-refractivity contribution is 0.103. The Bertz CT molecular complexity index is 966. The third-order valence-corrected chi connectivity index (χ3v) is 5.24. The first-order valence-electron chi connectivity index (χ1n) is 9.20. The van der Waals surface area contributed by atoms with Crippen LogP contribution in [-0.2, 0) is 0 Å². The standard InChI is InChI=1S/C21H21ClN4O/c1-2-25-11-13-26(14-12-25)21-19(20(27)15-7-9-16(22)10-8-15)23-17-5-3-4-6-18(17)24-21/h3-10H,2,11-14H2,1H3. The van der Waals surface area contributed by atoms with Crippen molar-refractivity contribution < 1.29 is 4.79 Å². The topological polar surface area (TPSA) is 49.3 Å². The van der Waals surface area contributed by atoms with E-state index in [1.54, 1.807) is 24.3 Å². The summed E-state index contributed by atoms with van der Waals surface area (Å²) in [6.07, 6.45) is 0. The van der Waals surface area contributed by atoms with Gasteiger partial charge in [0.2, 0.25) is 5.78 Å².